The summed E-state index contributed by atoms with van der Waals surface area (Å²) < 4.78 is 25.8. The molecule has 180 valence electrons. The minimum atomic E-state index is -0.801. The number of pyridine rings is 2. The van der Waals surface area contributed by atoms with E-state index in [2.05, 4.69) is 25.6 Å². The molecule has 34 heavy (non-hydrogen) atoms. The third-order valence-electron chi connectivity index (χ3n) is 6.11. The third-order valence-corrected chi connectivity index (χ3v) is 6.11. The standard InChI is InChI=1S/C23H27FN6O4/c1-2-17-23(32)27-21-19(34-17)7-5-14(25-21)11-29-12-15(13-29)33-18-8-6-16(26-20(18)24)22(31)28-30-9-3-4-10-30/h5-8,15,17H,2-4,9-13H2,1H3,(H,28,31)(H,25,27,32). The van der Waals surface area contributed by atoms with Gasteiger partial charge < -0.3 is 14.8 Å². The fourth-order valence-corrected chi connectivity index (χ4v) is 4.23. The monoisotopic (exact) mass is 470 g/mol. The molecule has 10 nitrogen and oxygen atoms in total. The van der Waals surface area contributed by atoms with Crippen LogP contribution >= 0.6 is 0 Å². The second-order valence-electron chi connectivity index (χ2n) is 8.71. The van der Waals surface area contributed by atoms with Gasteiger partial charge in [0.25, 0.3) is 17.8 Å². The Hall–Kier alpha value is -3.31. The largest absolute Gasteiger partial charge is 0.483 e. The Balaban J connectivity index is 1.12. The molecule has 1 atom stereocenters. The molecule has 0 saturated carbocycles. The van der Waals surface area contributed by atoms with Gasteiger partial charge in [-0.3, -0.25) is 19.9 Å². The lowest BCUT2D eigenvalue weighted by Crippen LogP contribution is -2.53. The second-order valence-corrected chi connectivity index (χ2v) is 8.71. The predicted octanol–water partition coefficient (Wildman–Crippen LogP) is 1.73. The molecule has 5 rings (SSSR count). The summed E-state index contributed by atoms with van der Waals surface area (Å²) in [6.45, 7) is 5.22. The maximum atomic E-state index is 14.4. The molecule has 2 amide bonds. The van der Waals surface area contributed by atoms with Crippen molar-refractivity contribution in [2.24, 2.45) is 0 Å². The zero-order valence-corrected chi connectivity index (χ0v) is 18.9. The van der Waals surface area contributed by atoms with E-state index in [4.69, 9.17) is 9.47 Å². The van der Waals surface area contributed by atoms with Crippen LogP contribution in [-0.4, -0.2) is 70.1 Å². The quantitative estimate of drug-likeness (QED) is 0.589. The summed E-state index contributed by atoms with van der Waals surface area (Å²) in [6, 6.07) is 6.60. The van der Waals surface area contributed by atoms with Gasteiger partial charge >= 0.3 is 0 Å². The number of hydrogen-bond acceptors (Lipinski definition) is 8. The summed E-state index contributed by atoms with van der Waals surface area (Å²) in [5.41, 5.74) is 3.55. The number of likely N-dealkylation sites (tertiary alicyclic amines) is 1. The molecule has 2 aromatic rings. The molecule has 0 aromatic carbocycles. The van der Waals surface area contributed by atoms with Crippen LogP contribution in [0.4, 0.5) is 10.2 Å². The first-order valence-corrected chi connectivity index (χ1v) is 11.6. The van der Waals surface area contributed by atoms with E-state index in [0.717, 1.165) is 31.6 Å². The van der Waals surface area contributed by atoms with Crippen LogP contribution in [-0.2, 0) is 11.3 Å². The molecule has 11 heteroatoms. The molecule has 2 N–H and O–H groups in total. The van der Waals surface area contributed by atoms with E-state index < -0.39 is 18.0 Å². The van der Waals surface area contributed by atoms with E-state index in [1.807, 2.05) is 24.1 Å². The highest BCUT2D eigenvalue weighted by molar-refractivity contribution is 5.96. The maximum Gasteiger partial charge on any atom is 0.284 e. The molecule has 2 saturated heterocycles. The topological polar surface area (TPSA) is 109 Å². The number of carbonyl (C=O) groups is 2. The molecule has 5 heterocycles. The Bertz CT molecular complexity index is 1090. The number of anilines is 1. The van der Waals surface area contributed by atoms with Gasteiger partial charge in [0.15, 0.2) is 23.4 Å². The first kappa shape index (κ1) is 22.5. The lowest BCUT2D eigenvalue weighted by molar-refractivity contribution is -0.123. The van der Waals surface area contributed by atoms with Gasteiger partial charge in [0.05, 0.1) is 5.69 Å². The van der Waals surface area contributed by atoms with Crippen molar-refractivity contribution >= 4 is 17.6 Å². The molecule has 0 aliphatic carbocycles. The van der Waals surface area contributed by atoms with Crippen molar-refractivity contribution in [3.05, 3.63) is 41.6 Å². The number of amides is 2. The molecule has 2 aromatic heterocycles. The Labute approximate surface area is 196 Å². The maximum absolute atomic E-state index is 14.4. The van der Waals surface area contributed by atoms with E-state index in [9.17, 15) is 14.0 Å². The van der Waals surface area contributed by atoms with Gasteiger partial charge in [-0.2, -0.15) is 4.39 Å². The average molecular weight is 471 g/mol. The number of halogens is 1. The van der Waals surface area contributed by atoms with Crippen LogP contribution in [0.25, 0.3) is 0 Å². The van der Waals surface area contributed by atoms with Gasteiger partial charge in [-0.15, -0.1) is 0 Å². The van der Waals surface area contributed by atoms with E-state index in [0.29, 0.717) is 37.6 Å². The number of aromatic nitrogens is 2. The zero-order chi connectivity index (χ0) is 23.7. The fraction of sp³-hybridized carbons (Fsp3) is 0.478. The molecule has 3 aliphatic heterocycles. The van der Waals surface area contributed by atoms with Crippen molar-refractivity contribution in [1.82, 2.24) is 25.3 Å². The molecule has 3 aliphatic rings. The van der Waals surface area contributed by atoms with Crippen molar-refractivity contribution in [2.75, 3.05) is 31.5 Å². The number of hydrazine groups is 1. The highest BCUT2D eigenvalue weighted by Crippen LogP contribution is 2.29. The van der Waals surface area contributed by atoms with E-state index in [1.165, 1.54) is 12.1 Å². The number of fused-ring (bicyclic) bond motifs is 1. The van der Waals surface area contributed by atoms with Crippen LogP contribution in [0.3, 0.4) is 0 Å². The van der Waals surface area contributed by atoms with Crippen LogP contribution in [0.2, 0.25) is 0 Å². The fourth-order valence-electron chi connectivity index (χ4n) is 4.23. The van der Waals surface area contributed by atoms with Crippen molar-refractivity contribution in [2.45, 2.75) is 44.9 Å². The van der Waals surface area contributed by atoms with Crippen LogP contribution in [0.15, 0.2) is 24.3 Å². The zero-order valence-electron chi connectivity index (χ0n) is 18.9. The van der Waals surface area contributed by atoms with Gasteiger partial charge in [0, 0.05) is 32.7 Å². The van der Waals surface area contributed by atoms with E-state index in [-0.39, 0.29) is 23.5 Å². The SMILES string of the molecule is CCC1Oc2ccc(CN3CC(Oc4ccc(C(=O)NN5CCCC5)nc4F)C3)nc2NC1=O. The second kappa shape index (κ2) is 9.51. The first-order valence-electron chi connectivity index (χ1n) is 11.6. The normalized spacial score (nSPS) is 20.8. The summed E-state index contributed by atoms with van der Waals surface area (Å²) in [5, 5.41) is 4.61. The minimum Gasteiger partial charge on any atom is -0.483 e. The number of nitrogens with zero attached hydrogens (tertiary/aromatic N) is 4. The van der Waals surface area contributed by atoms with Crippen molar-refractivity contribution in [3.8, 4) is 11.5 Å². The molecular formula is C23H27FN6O4. The number of ether oxygens (including phenoxy) is 2. The smallest absolute Gasteiger partial charge is 0.284 e. The van der Waals surface area contributed by atoms with Crippen LogP contribution in [0.1, 0.15) is 42.4 Å². The first-order chi connectivity index (χ1) is 16.5. The average Bonchev–Trinajstić information content (AvgIpc) is 3.31. The summed E-state index contributed by atoms with van der Waals surface area (Å²) in [7, 11) is 0. The molecule has 0 bridgehead atoms. The summed E-state index contributed by atoms with van der Waals surface area (Å²) in [5.74, 6) is -0.383. The number of nitrogens with one attached hydrogen (secondary N) is 2. The highest BCUT2D eigenvalue weighted by Gasteiger charge is 2.31. The lowest BCUT2D eigenvalue weighted by Gasteiger charge is -2.38. The van der Waals surface area contributed by atoms with Gasteiger partial charge in [0.2, 0.25) is 0 Å². The van der Waals surface area contributed by atoms with Crippen molar-refractivity contribution in [1.29, 1.82) is 0 Å². The number of rotatable bonds is 7. The number of carbonyl (C=O) groups excluding carboxylic acids is 2. The molecule has 1 unspecified atom stereocenters. The van der Waals surface area contributed by atoms with Crippen molar-refractivity contribution in [3.63, 3.8) is 0 Å². The number of hydrogen-bond donors (Lipinski definition) is 2. The summed E-state index contributed by atoms with van der Waals surface area (Å²) in [6.07, 6.45) is 1.97. The Morgan fingerprint density at radius 1 is 1.24 bits per heavy atom. The van der Waals surface area contributed by atoms with Gasteiger partial charge in [-0.05, 0) is 43.5 Å². The van der Waals surface area contributed by atoms with Crippen LogP contribution in [0.5, 0.6) is 11.5 Å². The Kier molecular flexibility index (Phi) is 6.29. The van der Waals surface area contributed by atoms with Crippen LogP contribution < -0.4 is 20.2 Å². The molecule has 0 radical (unpaired) electrons. The van der Waals surface area contributed by atoms with E-state index >= 15 is 0 Å². The van der Waals surface area contributed by atoms with Gasteiger partial charge in [-0.25, -0.2) is 15.0 Å². The minimum absolute atomic E-state index is 0.0202. The molecular weight excluding hydrogens is 443 g/mol. The molecule has 0 spiro atoms. The Morgan fingerprint density at radius 3 is 2.76 bits per heavy atom. The van der Waals surface area contributed by atoms with Gasteiger partial charge in [0.1, 0.15) is 11.8 Å². The summed E-state index contributed by atoms with van der Waals surface area (Å²) in [4.78, 5) is 34.6. The van der Waals surface area contributed by atoms with Gasteiger partial charge in [-0.1, -0.05) is 6.92 Å². The third kappa shape index (κ3) is 4.80. The van der Waals surface area contributed by atoms with Crippen molar-refractivity contribution < 1.29 is 23.5 Å². The lowest BCUT2D eigenvalue weighted by atomic mass is 10.1. The van der Waals surface area contributed by atoms with E-state index in [1.54, 1.807) is 0 Å². The predicted molar refractivity (Wildman–Crippen MR) is 120 cm³/mol. The Morgan fingerprint density at radius 2 is 2.03 bits per heavy atom. The molecule has 2 fully saturated rings. The highest BCUT2D eigenvalue weighted by atomic mass is 19.1. The van der Waals surface area contributed by atoms with Crippen LogP contribution in [0, 0.1) is 5.95 Å². The summed E-state index contributed by atoms with van der Waals surface area (Å²) >= 11 is 0.